The van der Waals surface area contributed by atoms with E-state index in [2.05, 4.69) is 17.1 Å². The van der Waals surface area contributed by atoms with Crippen molar-refractivity contribution in [3.8, 4) is 11.5 Å². The zero-order valence-electron chi connectivity index (χ0n) is 12.2. The van der Waals surface area contributed by atoms with E-state index in [1.165, 1.54) is 5.56 Å². The fourth-order valence-corrected chi connectivity index (χ4v) is 2.57. The van der Waals surface area contributed by atoms with E-state index in [9.17, 15) is 0 Å². The first-order valence-electron chi connectivity index (χ1n) is 6.86. The van der Waals surface area contributed by atoms with Crippen molar-refractivity contribution in [1.82, 2.24) is 4.98 Å². The molecule has 0 saturated carbocycles. The summed E-state index contributed by atoms with van der Waals surface area (Å²) in [5.41, 5.74) is 2.28. The van der Waals surface area contributed by atoms with Crippen LogP contribution in [0.3, 0.4) is 0 Å². The molecule has 0 radical (unpaired) electrons. The molecule has 0 bridgehead atoms. The number of benzene rings is 2. The Morgan fingerprint density at radius 1 is 0.857 bits per heavy atom. The molecule has 3 aromatic rings. The lowest BCUT2D eigenvalue weighted by Gasteiger charge is -2.12. The first-order valence-corrected chi connectivity index (χ1v) is 6.86. The second-order valence-electron chi connectivity index (χ2n) is 4.82. The zero-order chi connectivity index (χ0) is 14.7. The van der Waals surface area contributed by atoms with Crippen molar-refractivity contribution in [3.05, 3.63) is 66.0 Å². The van der Waals surface area contributed by atoms with Crippen molar-refractivity contribution < 1.29 is 9.47 Å². The monoisotopic (exact) mass is 279 g/mol. The molecule has 1 heterocycles. The maximum Gasteiger partial charge on any atom is 0.168 e. The molecule has 3 nitrogen and oxygen atoms in total. The number of hydrogen-bond acceptors (Lipinski definition) is 3. The highest BCUT2D eigenvalue weighted by molar-refractivity contribution is 5.92. The van der Waals surface area contributed by atoms with Gasteiger partial charge in [0.1, 0.15) is 0 Å². The Hall–Kier alpha value is -2.55. The van der Waals surface area contributed by atoms with Crippen molar-refractivity contribution in [2.45, 2.75) is 6.42 Å². The van der Waals surface area contributed by atoms with Crippen LogP contribution in [0, 0.1) is 0 Å². The molecular weight excluding hydrogens is 262 g/mol. The average Bonchev–Trinajstić information content (AvgIpc) is 2.55. The number of fused-ring (bicyclic) bond motifs is 1. The number of aromatic nitrogens is 1. The zero-order valence-corrected chi connectivity index (χ0v) is 12.2. The molecule has 0 unspecified atom stereocenters. The van der Waals surface area contributed by atoms with Gasteiger partial charge in [0.05, 0.1) is 19.9 Å². The largest absolute Gasteiger partial charge is 0.493 e. The molecule has 0 N–H and O–H groups in total. The summed E-state index contributed by atoms with van der Waals surface area (Å²) in [6.45, 7) is 0. The standard InChI is InChI=1S/C18H17NO2/c1-20-17-9-8-14-15(18(17)21-2)10-11-19-16(14)12-13-6-4-3-5-7-13/h3-11H,12H2,1-2H3. The number of methoxy groups -OCH3 is 2. The molecule has 3 rings (SSSR count). The fraction of sp³-hybridized carbons (Fsp3) is 0.167. The highest BCUT2D eigenvalue weighted by Crippen LogP contribution is 2.36. The van der Waals surface area contributed by atoms with Crippen LogP contribution in [0.5, 0.6) is 11.5 Å². The summed E-state index contributed by atoms with van der Waals surface area (Å²) in [6, 6.07) is 16.3. The van der Waals surface area contributed by atoms with Crippen LogP contribution < -0.4 is 9.47 Å². The molecule has 21 heavy (non-hydrogen) atoms. The lowest BCUT2D eigenvalue weighted by molar-refractivity contribution is 0.358. The second kappa shape index (κ2) is 5.83. The minimum atomic E-state index is 0.738. The van der Waals surface area contributed by atoms with Gasteiger partial charge in [-0.2, -0.15) is 0 Å². The Bertz CT molecular complexity index is 754. The number of pyridine rings is 1. The van der Waals surface area contributed by atoms with Gasteiger partial charge in [0.25, 0.3) is 0 Å². The van der Waals surface area contributed by atoms with Gasteiger partial charge >= 0.3 is 0 Å². The minimum absolute atomic E-state index is 0.738. The Labute approximate surface area is 124 Å². The molecule has 0 aliphatic heterocycles. The van der Waals surface area contributed by atoms with Gasteiger partial charge in [-0.05, 0) is 23.8 Å². The number of ether oxygens (including phenoxy) is 2. The quantitative estimate of drug-likeness (QED) is 0.727. The minimum Gasteiger partial charge on any atom is -0.493 e. The SMILES string of the molecule is COc1ccc2c(Cc3ccccc3)nccc2c1OC. The summed E-state index contributed by atoms with van der Waals surface area (Å²) in [7, 11) is 3.31. The van der Waals surface area contributed by atoms with E-state index in [-0.39, 0.29) is 0 Å². The third kappa shape index (κ3) is 2.55. The van der Waals surface area contributed by atoms with E-state index < -0.39 is 0 Å². The third-order valence-corrected chi connectivity index (χ3v) is 3.58. The van der Waals surface area contributed by atoms with E-state index in [0.717, 1.165) is 34.4 Å². The lowest BCUT2D eigenvalue weighted by atomic mass is 10.0. The van der Waals surface area contributed by atoms with Crippen LogP contribution in [0.4, 0.5) is 0 Å². The van der Waals surface area contributed by atoms with Gasteiger partial charge in [0, 0.05) is 23.4 Å². The topological polar surface area (TPSA) is 31.4 Å². The number of nitrogens with zero attached hydrogens (tertiary/aromatic N) is 1. The van der Waals surface area contributed by atoms with Crippen molar-refractivity contribution in [2.75, 3.05) is 14.2 Å². The Kier molecular flexibility index (Phi) is 3.73. The van der Waals surface area contributed by atoms with Crippen molar-refractivity contribution in [2.24, 2.45) is 0 Å². The van der Waals surface area contributed by atoms with Gasteiger partial charge in [-0.25, -0.2) is 0 Å². The predicted octanol–water partition coefficient (Wildman–Crippen LogP) is 3.84. The first kappa shape index (κ1) is 13.4. The average molecular weight is 279 g/mol. The van der Waals surface area contributed by atoms with Crippen LogP contribution in [-0.2, 0) is 6.42 Å². The maximum atomic E-state index is 5.50. The van der Waals surface area contributed by atoms with Gasteiger partial charge in [0.15, 0.2) is 11.5 Å². The molecule has 0 atom stereocenters. The molecule has 0 aliphatic rings. The van der Waals surface area contributed by atoms with Crippen LogP contribution in [0.1, 0.15) is 11.3 Å². The fourth-order valence-electron chi connectivity index (χ4n) is 2.57. The molecule has 2 aromatic carbocycles. The second-order valence-corrected chi connectivity index (χ2v) is 4.82. The Balaban J connectivity index is 2.12. The number of hydrogen-bond donors (Lipinski definition) is 0. The summed E-state index contributed by atoms with van der Waals surface area (Å²) in [6.07, 6.45) is 2.62. The lowest BCUT2D eigenvalue weighted by Crippen LogP contribution is -1.96. The van der Waals surface area contributed by atoms with Crippen LogP contribution >= 0.6 is 0 Å². The molecule has 0 aliphatic carbocycles. The molecule has 0 saturated heterocycles. The Morgan fingerprint density at radius 2 is 1.67 bits per heavy atom. The van der Waals surface area contributed by atoms with Crippen molar-refractivity contribution >= 4 is 10.8 Å². The van der Waals surface area contributed by atoms with Crippen LogP contribution in [0.25, 0.3) is 10.8 Å². The summed E-state index contributed by atoms with van der Waals surface area (Å²) >= 11 is 0. The molecule has 3 heteroatoms. The van der Waals surface area contributed by atoms with E-state index >= 15 is 0 Å². The third-order valence-electron chi connectivity index (χ3n) is 3.58. The summed E-state index contributed by atoms with van der Waals surface area (Å²) in [4.78, 5) is 4.54. The molecule has 106 valence electrons. The van der Waals surface area contributed by atoms with Crippen LogP contribution in [0.2, 0.25) is 0 Å². The van der Waals surface area contributed by atoms with E-state index in [0.29, 0.717) is 0 Å². The highest BCUT2D eigenvalue weighted by atomic mass is 16.5. The van der Waals surface area contributed by atoms with Gasteiger partial charge in [-0.3, -0.25) is 4.98 Å². The molecule has 0 amide bonds. The van der Waals surface area contributed by atoms with E-state index in [1.807, 2.05) is 42.6 Å². The molecule has 0 spiro atoms. The smallest absolute Gasteiger partial charge is 0.168 e. The summed E-state index contributed by atoms with van der Waals surface area (Å²) in [5.74, 6) is 1.49. The number of rotatable bonds is 4. The van der Waals surface area contributed by atoms with Crippen molar-refractivity contribution in [1.29, 1.82) is 0 Å². The first-order chi connectivity index (χ1) is 10.3. The van der Waals surface area contributed by atoms with Crippen LogP contribution in [0.15, 0.2) is 54.7 Å². The van der Waals surface area contributed by atoms with Gasteiger partial charge in [0.2, 0.25) is 0 Å². The van der Waals surface area contributed by atoms with Gasteiger partial charge in [-0.1, -0.05) is 30.3 Å². The normalized spacial score (nSPS) is 10.6. The van der Waals surface area contributed by atoms with Gasteiger partial charge in [-0.15, -0.1) is 0 Å². The summed E-state index contributed by atoms with van der Waals surface area (Å²) < 4.78 is 10.9. The van der Waals surface area contributed by atoms with E-state index in [4.69, 9.17) is 9.47 Å². The van der Waals surface area contributed by atoms with Gasteiger partial charge < -0.3 is 9.47 Å². The van der Waals surface area contributed by atoms with Crippen molar-refractivity contribution in [3.63, 3.8) is 0 Å². The maximum absolute atomic E-state index is 5.50. The molecule has 1 aromatic heterocycles. The molecule has 0 fully saturated rings. The molecular formula is C18H17NO2. The highest BCUT2D eigenvalue weighted by Gasteiger charge is 2.12. The summed E-state index contributed by atoms with van der Waals surface area (Å²) in [5, 5.41) is 2.12. The predicted molar refractivity (Wildman–Crippen MR) is 84.1 cm³/mol. The van der Waals surface area contributed by atoms with Crippen LogP contribution in [-0.4, -0.2) is 19.2 Å². The Morgan fingerprint density at radius 3 is 2.38 bits per heavy atom. The van der Waals surface area contributed by atoms with E-state index in [1.54, 1.807) is 14.2 Å².